The van der Waals surface area contributed by atoms with Crippen molar-refractivity contribution in [1.29, 1.82) is 0 Å². The van der Waals surface area contributed by atoms with Crippen molar-refractivity contribution in [3.63, 3.8) is 0 Å². The normalized spacial score (nSPS) is 17.5. The average Bonchev–Trinajstić information content (AvgIpc) is 2.87. The lowest BCUT2D eigenvalue weighted by molar-refractivity contribution is -0.140. The van der Waals surface area contributed by atoms with Crippen molar-refractivity contribution >= 4 is 16.7 Å². The lowest BCUT2D eigenvalue weighted by Gasteiger charge is -2.26. The van der Waals surface area contributed by atoms with Crippen LogP contribution in [0.5, 0.6) is 5.75 Å². The van der Waals surface area contributed by atoms with E-state index >= 15 is 0 Å². The highest BCUT2D eigenvalue weighted by molar-refractivity contribution is 5.90. The number of hydrogen-bond donors (Lipinski definition) is 0. The first kappa shape index (κ1) is 27.3. The van der Waals surface area contributed by atoms with Crippen molar-refractivity contribution in [2.75, 3.05) is 0 Å². The van der Waals surface area contributed by atoms with Crippen LogP contribution < -0.4 is 4.74 Å². The van der Waals surface area contributed by atoms with Crippen LogP contribution in [-0.4, -0.2) is 12.1 Å². The highest BCUT2D eigenvalue weighted by Gasteiger charge is 2.27. The number of allylic oxidation sites excluding steroid dienone is 1. The minimum atomic E-state index is -4.96. The predicted molar refractivity (Wildman–Crippen MR) is 133 cm³/mol. The van der Waals surface area contributed by atoms with Gasteiger partial charge in [0.25, 0.3) is 0 Å². The summed E-state index contributed by atoms with van der Waals surface area (Å²) in [5, 5.41) is -0.835. The molecule has 2 nitrogen and oxygen atoms in total. The molecule has 0 bridgehead atoms. The molecule has 1 saturated carbocycles. The molecule has 8 heteroatoms. The van der Waals surface area contributed by atoms with Crippen LogP contribution >= 0.6 is 0 Å². The first-order valence-electron chi connectivity index (χ1n) is 12.2. The maximum Gasteiger partial charge on any atom is 0.458 e. The number of hydrogen-bond acceptors (Lipinski definition) is 2. The summed E-state index contributed by atoms with van der Waals surface area (Å²) in [4.78, 5) is 12.6. The van der Waals surface area contributed by atoms with Gasteiger partial charge >= 0.3 is 12.1 Å². The highest BCUT2D eigenvalue weighted by Crippen LogP contribution is 2.34. The molecular weight excluding hydrogens is 506 g/mol. The van der Waals surface area contributed by atoms with Crippen molar-refractivity contribution in [2.45, 2.75) is 44.7 Å². The molecule has 0 heterocycles. The molecule has 198 valence electrons. The molecule has 0 aromatic heterocycles. The van der Waals surface area contributed by atoms with Gasteiger partial charge in [-0.25, -0.2) is 13.2 Å². The lowest BCUT2D eigenvalue weighted by Crippen LogP contribution is -2.25. The first-order valence-corrected chi connectivity index (χ1v) is 12.2. The third-order valence-corrected chi connectivity index (χ3v) is 6.78. The van der Waals surface area contributed by atoms with Gasteiger partial charge in [-0.3, -0.25) is 4.79 Å². The molecule has 1 aliphatic carbocycles. The van der Waals surface area contributed by atoms with Gasteiger partial charge in [0, 0.05) is 5.92 Å². The summed E-state index contributed by atoms with van der Waals surface area (Å²) in [6, 6.07) is 9.29. The van der Waals surface area contributed by atoms with E-state index in [4.69, 9.17) is 4.74 Å². The number of carbonyl (C=O) groups is 1. The van der Waals surface area contributed by atoms with E-state index < -0.39 is 34.6 Å². The molecule has 0 amide bonds. The molecule has 38 heavy (non-hydrogen) atoms. The van der Waals surface area contributed by atoms with Gasteiger partial charge in [-0.2, -0.15) is 13.2 Å². The van der Waals surface area contributed by atoms with Gasteiger partial charge < -0.3 is 4.74 Å². The molecule has 0 saturated heterocycles. The second kappa shape index (κ2) is 11.3. The average molecular weight is 531 g/mol. The minimum Gasteiger partial charge on any atom is -0.426 e. The predicted octanol–water partition coefficient (Wildman–Crippen LogP) is 8.52. The Hall–Kier alpha value is -3.73. The van der Waals surface area contributed by atoms with Crippen LogP contribution in [0, 0.1) is 41.1 Å². The van der Waals surface area contributed by atoms with E-state index in [2.05, 4.69) is 6.58 Å². The third-order valence-electron chi connectivity index (χ3n) is 6.78. The molecule has 0 unspecified atom stereocenters. The summed E-state index contributed by atoms with van der Waals surface area (Å²) in [5.74, 6) is -1.26. The monoisotopic (exact) mass is 530 g/mol. The van der Waals surface area contributed by atoms with Crippen LogP contribution in [0.1, 0.15) is 44.1 Å². The second-order valence-electron chi connectivity index (χ2n) is 9.38. The van der Waals surface area contributed by atoms with Gasteiger partial charge in [0.05, 0.1) is 16.9 Å². The first-order chi connectivity index (χ1) is 18.1. The maximum absolute atomic E-state index is 14.8. The van der Waals surface area contributed by atoms with Gasteiger partial charge in [-0.1, -0.05) is 24.1 Å². The number of carbonyl (C=O) groups excluding carboxylic acids is 1. The number of fused-ring (bicyclic) bond motifs is 1. The number of ether oxygens (including phenoxy) is 1. The third kappa shape index (κ3) is 6.39. The van der Waals surface area contributed by atoms with E-state index in [1.807, 2.05) is 6.08 Å². The Morgan fingerprint density at radius 3 is 2.29 bits per heavy atom. The van der Waals surface area contributed by atoms with Crippen molar-refractivity contribution in [2.24, 2.45) is 11.8 Å². The van der Waals surface area contributed by atoms with E-state index in [0.717, 1.165) is 56.6 Å². The summed E-state index contributed by atoms with van der Waals surface area (Å²) in [6.07, 6.45) is 2.47. The van der Waals surface area contributed by atoms with E-state index in [9.17, 15) is 31.1 Å². The number of rotatable bonds is 6. The number of benzene rings is 3. The van der Waals surface area contributed by atoms with Gasteiger partial charge in [0.1, 0.15) is 17.4 Å². The van der Waals surface area contributed by atoms with Crippen LogP contribution in [-0.2, 0) is 4.79 Å². The van der Waals surface area contributed by atoms with Crippen molar-refractivity contribution in [1.82, 2.24) is 0 Å². The molecule has 1 fully saturated rings. The summed E-state index contributed by atoms with van der Waals surface area (Å²) in [6.45, 7) is 3.74. The standard InChI is InChI=1S/C30H24F6O2/c1-2-3-4-18-5-7-20(8-6-18)29(37)38-23-11-9-19(10-12-23)21-15-22-17-25(31)24(13-14-30(34,35)36)28(33)27(22)26(32)16-21/h2,9-12,15-18,20H,1,3-8H2. The Morgan fingerprint density at radius 1 is 0.974 bits per heavy atom. The Balaban J connectivity index is 1.50. The SMILES string of the molecule is C=CCCC1CCC(C(=O)Oc2ccc(-c3cc(F)c4c(F)c(C#CC(F)(F)F)c(F)cc4c3)cc2)CC1. The molecule has 3 aromatic rings. The largest absolute Gasteiger partial charge is 0.458 e. The molecule has 0 radical (unpaired) electrons. The molecular formula is C30H24F6O2. The molecule has 4 rings (SSSR count). The van der Waals surface area contributed by atoms with Gasteiger partial charge in [-0.15, -0.1) is 6.58 Å². The van der Waals surface area contributed by atoms with Crippen molar-refractivity contribution in [3.05, 3.63) is 78.1 Å². The summed E-state index contributed by atoms with van der Waals surface area (Å²) < 4.78 is 86.5. The Labute approximate surface area is 216 Å². The molecule has 3 aromatic carbocycles. The van der Waals surface area contributed by atoms with Crippen LogP contribution in [0.2, 0.25) is 0 Å². The number of halogens is 6. The summed E-state index contributed by atoms with van der Waals surface area (Å²) >= 11 is 0. The van der Waals surface area contributed by atoms with Crippen LogP contribution in [0.4, 0.5) is 26.3 Å². The van der Waals surface area contributed by atoms with Crippen LogP contribution in [0.15, 0.2) is 55.1 Å². The second-order valence-corrected chi connectivity index (χ2v) is 9.38. The zero-order valence-corrected chi connectivity index (χ0v) is 20.3. The van der Waals surface area contributed by atoms with Crippen LogP contribution in [0.3, 0.4) is 0 Å². The molecule has 1 aliphatic rings. The van der Waals surface area contributed by atoms with Gasteiger partial charge in [-0.05, 0) is 91.3 Å². The van der Waals surface area contributed by atoms with Crippen molar-refractivity contribution in [3.8, 4) is 28.7 Å². The van der Waals surface area contributed by atoms with E-state index in [1.54, 1.807) is 24.3 Å². The van der Waals surface area contributed by atoms with Gasteiger partial charge in [0.15, 0.2) is 5.82 Å². The fourth-order valence-electron chi connectivity index (χ4n) is 4.78. The van der Waals surface area contributed by atoms with Gasteiger partial charge in [0.2, 0.25) is 0 Å². The summed E-state index contributed by atoms with van der Waals surface area (Å²) in [5.41, 5.74) is -0.397. The lowest BCUT2D eigenvalue weighted by atomic mass is 9.80. The Bertz CT molecular complexity index is 1410. The minimum absolute atomic E-state index is 0.167. The van der Waals surface area contributed by atoms with E-state index in [1.165, 1.54) is 12.0 Å². The zero-order valence-electron chi connectivity index (χ0n) is 20.3. The van der Waals surface area contributed by atoms with Crippen LogP contribution in [0.25, 0.3) is 21.9 Å². The molecule has 0 aliphatic heterocycles. The smallest absolute Gasteiger partial charge is 0.426 e. The fraction of sp³-hybridized carbons (Fsp3) is 0.300. The van der Waals surface area contributed by atoms with Crippen molar-refractivity contribution < 1.29 is 35.9 Å². The van der Waals surface area contributed by atoms with E-state index in [-0.39, 0.29) is 22.8 Å². The highest BCUT2D eigenvalue weighted by atomic mass is 19.4. The molecule has 0 N–H and O–H groups in total. The number of alkyl halides is 3. The van der Waals surface area contributed by atoms with E-state index in [0.29, 0.717) is 17.2 Å². The quantitative estimate of drug-likeness (QED) is 0.105. The Morgan fingerprint density at radius 2 is 1.66 bits per heavy atom. The summed E-state index contributed by atoms with van der Waals surface area (Å²) in [7, 11) is 0. The Kier molecular flexibility index (Phi) is 8.15. The topological polar surface area (TPSA) is 26.3 Å². The molecule has 0 spiro atoms. The maximum atomic E-state index is 14.8. The number of esters is 1. The fourth-order valence-corrected chi connectivity index (χ4v) is 4.78. The molecule has 0 atom stereocenters. The zero-order chi connectivity index (χ0) is 27.4.